The van der Waals surface area contributed by atoms with Gasteiger partial charge in [0.2, 0.25) is 0 Å². The molecule has 0 aromatic rings. The molecule has 1 heterocycles. The van der Waals surface area contributed by atoms with E-state index in [1.54, 1.807) is 0 Å². The molecule has 9 heteroatoms. The molecule has 1 saturated heterocycles. The second-order valence-corrected chi connectivity index (χ2v) is 6.41. The molecule has 0 aromatic carbocycles. The van der Waals surface area contributed by atoms with Crippen LogP contribution in [0, 0.1) is 5.92 Å². The summed E-state index contributed by atoms with van der Waals surface area (Å²) in [5.74, 6) is -2.55. The average molecular weight is 374 g/mol. The molecule has 0 amide bonds. The highest BCUT2D eigenvalue weighted by atomic mass is 16.7. The molecule has 0 saturated carbocycles. The maximum Gasteiger partial charge on any atom is 0.303 e. The Morgan fingerprint density at radius 2 is 1.23 bits per heavy atom. The van der Waals surface area contributed by atoms with Crippen molar-refractivity contribution < 1.29 is 42.9 Å². The minimum Gasteiger partial charge on any atom is -0.463 e. The minimum atomic E-state index is -1.10. The monoisotopic (exact) mass is 374 g/mol. The Morgan fingerprint density at radius 3 is 1.65 bits per heavy atom. The molecule has 5 atom stereocenters. The van der Waals surface area contributed by atoms with Crippen molar-refractivity contribution in [1.29, 1.82) is 0 Å². The van der Waals surface area contributed by atoms with Gasteiger partial charge in [-0.15, -0.1) is 0 Å². The lowest BCUT2D eigenvalue weighted by atomic mass is 9.89. The predicted octanol–water partition coefficient (Wildman–Crippen LogP) is 0.768. The van der Waals surface area contributed by atoms with Crippen molar-refractivity contribution >= 4 is 23.9 Å². The summed E-state index contributed by atoms with van der Waals surface area (Å²) < 4.78 is 26.8. The van der Waals surface area contributed by atoms with Crippen molar-refractivity contribution in [2.45, 2.75) is 72.1 Å². The van der Waals surface area contributed by atoms with Crippen LogP contribution < -0.4 is 0 Å². The van der Waals surface area contributed by atoms with Crippen molar-refractivity contribution in [2.24, 2.45) is 5.92 Å². The van der Waals surface area contributed by atoms with Gasteiger partial charge in [-0.2, -0.15) is 0 Å². The van der Waals surface area contributed by atoms with Crippen LogP contribution >= 0.6 is 0 Å². The van der Waals surface area contributed by atoms with Crippen LogP contribution in [0.3, 0.4) is 0 Å². The fourth-order valence-corrected chi connectivity index (χ4v) is 2.80. The summed E-state index contributed by atoms with van der Waals surface area (Å²) in [7, 11) is 0. The second kappa shape index (κ2) is 9.51. The summed E-state index contributed by atoms with van der Waals surface area (Å²) in [4.78, 5) is 45.8. The Bertz CT molecular complexity index is 542. The van der Waals surface area contributed by atoms with Crippen LogP contribution in [0.4, 0.5) is 0 Å². The van der Waals surface area contributed by atoms with Gasteiger partial charge in [-0.1, -0.05) is 13.8 Å². The van der Waals surface area contributed by atoms with Crippen LogP contribution in [0.15, 0.2) is 0 Å². The van der Waals surface area contributed by atoms with E-state index in [9.17, 15) is 19.2 Å². The largest absolute Gasteiger partial charge is 0.463 e. The highest BCUT2D eigenvalue weighted by Gasteiger charge is 2.52. The molecule has 1 aliphatic heterocycles. The van der Waals surface area contributed by atoms with E-state index < -0.39 is 54.4 Å². The number of hydrogen-bond acceptors (Lipinski definition) is 9. The van der Waals surface area contributed by atoms with Gasteiger partial charge >= 0.3 is 23.9 Å². The number of hydrogen-bond donors (Lipinski definition) is 0. The van der Waals surface area contributed by atoms with Gasteiger partial charge in [-0.3, -0.25) is 19.2 Å². The summed E-state index contributed by atoms with van der Waals surface area (Å²) in [6, 6.07) is 0. The van der Waals surface area contributed by atoms with Gasteiger partial charge in [0.05, 0.1) is 0 Å². The van der Waals surface area contributed by atoms with E-state index in [-0.39, 0.29) is 12.5 Å². The number of carbonyl (C=O) groups is 4. The SMILES string of the molecule is CC(=O)OCC1OC(C(C)C)[C@@H](OC(C)=O)[C@@H](OC(C)=O)[C@H]1OC(C)=O. The third kappa shape index (κ3) is 6.29. The quantitative estimate of drug-likeness (QED) is 0.491. The number of esters is 4. The van der Waals surface area contributed by atoms with Crippen molar-refractivity contribution in [1.82, 2.24) is 0 Å². The first-order valence-corrected chi connectivity index (χ1v) is 8.33. The van der Waals surface area contributed by atoms with E-state index in [0.717, 1.165) is 0 Å². The lowest BCUT2D eigenvalue weighted by molar-refractivity contribution is -0.258. The van der Waals surface area contributed by atoms with Gasteiger partial charge < -0.3 is 23.7 Å². The zero-order valence-corrected chi connectivity index (χ0v) is 15.8. The van der Waals surface area contributed by atoms with Crippen LogP contribution in [0.2, 0.25) is 0 Å². The molecule has 0 spiro atoms. The zero-order valence-electron chi connectivity index (χ0n) is 15.8. The minimum absolute atomic E-state index is 0.129. The molecule has 0 N–H and O–H groups in total. The van der Waals surface area contributed by atoms with Gasteiger partial charge in [0.25, 0.3) is 0 Å². The zero-order chi connectivity index (χ0) is 20.0. The van der Waals surface area contributed by atoms with Crippen molar-refractivity contribution in [3.63, 3.8) is 0 Å². The van der Waals surface area contributed by atoms with Gasteiger partial charge in [-0.25, -0.2) is 0 Å². The average Bonchev–Trinajstić information content (AvgIpc) is 2.47. The molecule has 0 radical (unpaired) electrons. The summed E-state index contributed by atoms with van der Waals surface area (Å²) in [5, 5.41) is 0. The Hall–Kier alpha value is -2.16. The Kier molecular flexibility index (Phi) is 8.01. The molecule has 1 fully saturated rings. The van der Waals surface area contributed by atoms with E-state index in [1.807, 2.05) is 13.8 Å². The lowest BCUT2D eigenvalue weighted by Crippen LogP contribution is -2.63. The van der Waals surface area contributed by atoms with Crippen LogP contribution in [0.1, 0.15) is 41.5 Å². The van der Waals surface area contributed by atoms with E-state index >= 15 is 0 Å². The smallest absolute Gasteiger partial charge is 0.303 e. The van der Waals surface area contributed by atoms with E-state index in [0.29, 0.717) is 0 Å². The standard InChI is InChI=1S/C17H26O9/c1-8(2)14-16(24-11(5)20)17(25-12(6)21)15(23-10(4)19)13(26-14)7-22-9(3)18/h8,13-17H,7H2,1-6H3/t13?,14?,15-,16+,17-/m0/s1. The predicted molar refractivity (Wildman–Crippen MR) is 86.8 cm³/mol. The van der Waals surface area contributed by atoms with Crippen molar-refractivity contribution in [2.75, 3.05) is 6.61 Å². The third-order valence-corrected chi connectivity index (χ3v) is 3.68. The topological polar surface area (TPSA) is 114 Å². The molecule has 148 valence electrons. The Labute approximate surface area is 152 Å². The van der Waals surface area contributed by atoms with Gasteiger partial charge in [-0.05, 0) is 5.92 Å². The van der Waals surface area contributed by atoms with Crippen LogP contribution in [0.25, 0.3) is 0 Å². The number of carbonyl (C=O) groups excluding carboxylic acids is 4. The fourth-order valence-electron chi connectivity index (χ4n) is 2.80. The van der Waals surface area contributed by atoms with Crippen molar-refractivity contribution in [3.05, 3.63) is 0 Å². The molecule has 0 aromatic heterocycles. The second-order valence-electron chi connectivity index (χ2n) is 6.41. The van der Waals surface area contributed by atoms with E-state index in [1.165, 1.54) is 27.7 Å². The van der Waals surface area contributed by atoms with E-state index in [4.69, 9.17) is 23.7 Å². The molecule has 0 aliphatic carbocycles. The van der Waals surface area contributed by atoms with Gasteiger partial charge in [0.15, 0.2) is 18.3 Å². The molecule has 1 aliphatic rings. The number of ether oxygens (including phenoxy) is 5. The Morgan fingerprint density at radius 1 is 0.769 bits per heavy atom. The summed E-state index contributed by atoms with van der Waals surface area (Å²) in [6.45, 7) is 8.28. The molecule has 1 rings (SSSR count). The molecular formula is C17H26O9. The van der Waals surface area contributed by atoms with Gasteiger partial charge in [0.1, 0.15) is 18.8 Å². The van der Waals surface area contributed by atoms with Crippen molar-refractivity contribution in [3.8, 4) is 0 Å². The Balaban J connectivity index is 3.27. The lowest BCUT2D eigenvalue weighted by Gasteiger charge is -2.45. The highest BCUT2D eigenvalue weighted by Crippen LogP contribution is 2.32. The highest BCUT2D eigenvalue weighted by molar-refractivity contribution is 5.68. The summed E-state index contributed by atoms with van der Waals surface area (Å²) in [5.41, 5.74) is 0. The maximum absolute atomic E-state index is 11.6. The normalized spacial score (nSPS) is 28.2. The number of rotatable bonds is 6. The first kappa shape index (κ1) is 21.9. The molecule has 2 unspecified atom stereocenters. The first-order chi connectivity index (χ1) is 12.0. The summed E-state index contributed by atoms with van der Waals surface area (Å²) in [6.07, 6.45) is -4.71. The van der Waals surface area contributed by atoms with Crippen LogP contribution in [-0.4, -0.2) is 61.0 Å². The van der Waals surface area contributed by atoms with Crippen LogP contribution in [-0.2, 0) is 42.9 Å². The molecule has 0 bridgehead atoms. The fraction of sp³-hybridized carbons (Fsp3) is 0.765. The van der Waals surface area contributed by atoms with Gasteiger partial charge in [0, 0.05) is 27.7 Å². The van der Waals surface area contributed by atoms with Crippen LogP contribution in [0.5, 0.6) is 0 Å². The molecule has 26 heavy (non-hydrogen) atoms. The summed E-state index contributed by atoms with van der Waals surface area (Å²) >= 11 is 0. The first-order valence-electron chi connectivity index (χ1n) is 8.33. The van der Waals surface area contributed by atoms with E-state index in [2.05, 4.69) is 0 Å². The molecular weight excluding hydrogens is 348 g/mol. The third-order valence-electron chi connectivity index (χ3n) is 3.68. The molecule has 9 nitrogen and oxygen atoms in total. The maximum atomic E-state index is 11.6.